The Balaban J connectivity index is 1.62. The summed E-state index contributed by atoms with van der Waals surface area (Å²) in [6, 6.07) is 3.90. The number of halogens is 1. The zero-order chi connectivity index (χ0) is 20.8. The molecule has 0 fully saturated rings. The summed E-state index contributed by atoms with van der Waals surface area (Å²) in [7, 11) is 1.57. The van der Waals surface area contributed by atoms with Gasteiger partial charge in [-0.1, -0.05) is 0 Å². The molecule has 0 aliphatic rings. The first-order chi connectivity index (χ1) is 14.5. The molecule has 5 aromatic heterocycles. The molecule has 10 nitrogen and oxygen atoms in total. The van der Waals surface area contributed by atoms with Gasteiger partial charge in [-0.05, 0) is 26.0 Å². The van der Waals surface area contributed by atoms with Gasteiger partial charge in [0.2, 0.25) is 17.7 Å². The van der Waals surface area contributed by atoms with E-state index < -0.39 is 6.17 Å². The molecule has 30 heavy (non-hydrogen) atoms. The van der Waals surface area contributed by atoms with Gasteiger partial charge in [0.05, 0.1) is 12.6 Å². The Hall–Kier alpha value is -3.89. The normalized spacial score (nSPS) is 12.7. The van der Waals surface area contributed by atoms with Gasteiger partial charge in [0, 0.05) is 23.5 Å². The predicted molar refractivity (Wildman–Crippen MR) is 104 cm³/mol. The number of ether oxygens (including phenoxy) is 1. The lowest BCUT2D eigenvalue weighted by atomic mass is 10.1. The highest BCUT2D eigenvalue weighted by Gasteiger charge is 2.18. The molecular formula is C19H17FN8O2. The van der Waals surface area contributed by atoms with E-state index in [9.17, 15) is 4.39 Å². The Morgan fingerprint density at radius 1 is 1.27 bits per heavy atom. The molecule has 5 aromatic rings. The number of hydrogen-bond donors (Lipinski definition) is 0. The van der Waals surface area contributed by atoms with Crippen LogP contribution in [0.1, 0.15) is 30.7 Å². The van der Waals surface area contributed by atoms with Crippen LogP contribution < -0.4 is 4.74 Å². The maximum absolute atomic E-state index is 13.4. The van der Waals surface area contributed by atoms with Crippen LogP contribution in [0.15, 0.2) is 35.3 Å². The molecule has 0 N–H and O–H groups in total. The van der Waals surface area contributed by atoms with Crippen molar-refractivity contribution < 1.29 is 13.5 Å². The smallest absolute Gasteiger partial charge is 0.250 e. The standard InChI is InChI=1S/C19H17FN8O2/c1-10(20)18-26-25-15(30-18)8-27-11(2)24-17-14(27)6-12(7-21-17)13-4-5-28-16(13)19(29-3)22-9-23-28/h4-7,9-10H,8H2,1-3H3/t10-/m1/s1. The third-order valence-corrected chi connectivity index (χ3v) is 4.84. The van der Waals surface area contributed by atoms with E-state index in [0.29, 0.717) is 17.4 Å². The molecule has 0 saturated carbocycles. The number of aryl methyl sites for hydroxylation is 1. The van der Waals surface area contributed by atoms with E-state index >= 15 is 0 Å². The molecule has 152 valence electrons. The summed E-state index contributed by atoms with van der Waals surface area (Å²) in [6.45, 7) is 3.47. The average molecular weight is 408 g/mol. The number of methoxy groups -OCH3 is 1. The van der Waals surface area contributed by atoms with E-state index in [1.165, 1.54) is 13.3 Å². The van der Waals surface area contributed by atoms with Crippen LogP contribution in [0.4, 0.5) is 4.39 Å². The SMILES string of the molecule is COc1ncnn2ccc(-c3cnc4nc(C)n(Cc5nnc([C@@H](C)F)o5)c4c3)c12. The summed E-state index contributed by atoms with van der Waals surface area (Å²) >= 11 is 0. The van der Waals surface area contributed by atoms with Crippen molar-refractivity contribution >= 4 is 16.7 Å². The van der Waals surface area contributed by atoms with Gasteiger partial charge in [-0.25, -0.2) is 18.9 Å². The number of aromatic nitrogens is 8. The molecule has 0 aliphatic carbocycles. The number of fused-ring (bicyclic) bond motifs is 2. The van der Waals surface area contributed by atoms with Crippen molar-refractivity contribution in [2.24, 2.45) is 0 Å². The molecule has 5 rings (SSSR count). The molecule has 0 spiro atoms. The van der Waals surface area contributed by atoms with E-state index in [2.05, 4.69) is 30.2 Å². The second kappa shape index (κ2) is 6.87. The highest BCUT2D eigenvalue weighted by molar-refractivity contribution is 5.87. The first-order valence-corrected chi connectivity index (χ1v) is 9.21. The fourth-order valence-electron chi connectivity index (χ4n) is 3.40. The van der Waals surface area contributed by atoms with E-state index in [-0.39, 0.29) is 12.4 Å². The Bertz CT molecular complexity index is 1370. The van der Waals surface area contributed by atoms with Crippen LogP contribution in [-0.2, 0) is 6.54 Å². The summed E-state index contributed by atoms with van der Waals surface area (Å²) < 4.78 is 27.8. The molecule has 11 heteroatoms. The summed E-state index contributed by atoms with van der Waals surface area (Å²) in [5.74, 6) is 1.45. The van der Waals surface area contributed by atoms with Crippen molar-refractivity contribution in [3.63, 3.8) is 0 Å². The summed E-state index contributed by atoms with van der Waals surface area (Å²) in [5.41, 5.74) is 3.83. The Kier molecular flexibility index (Phi) is 4.16. The molecule has 0 unspecified atom stereocenters. The zero-order valence-corrected chi connectivity index (χ0v) is 16.4. The highest BCUT2D eigenvalue weighted by Crippen LogP contribution is 2.31. The van der Waals surface area contributed by atoms with Gasteiger partial charge in [0.25, 0.3) is 0 Å². The van der Waals surface area contributed by atoms with Crippen LogP contribution in [0.2, 0.25) is 0 Å². The Morgan fingerprint density at radius 3 is 2.90 bits per heavy atom. The van der Waals surface area contributed by atoms with Crippen LogP contribution >= 0.6 is 0 Å². The van der Waals surface area contributed by atoms with E-state index in [1.54, 1.807) is 17.8 Å². The molecular weight excluding hydrogens is 391 g/mol. The van der Waals surface area contributed by atoms with E-state index in [0.717, 1.165) is 28.0 Å². The molecule has 1 atom stereocenters. The molecule has 0 aromatic carbocycles. The zero-order valence-electron chi connectivity index (χ0n) is 16.4. The fraction of sp³-hybridized carbons (Fsp3) is 0.263. The fourth-order valence-corrected chi connectivity index (χ4v) is 3.40. The van der Waals surface area contributed by atoms with Gasteiger partial charge in [-0.2, -0.15) is 10.1 Å². The van der Waals surface area contributed by atoms with Crippen LogP contribution in [0, 0.1) is 6.92 Å². The quantitative estimate of drug-likeness (QED) is 0.437. The van der Waals surface area contributed by atoms with Crippen molar-refractivity contribution in [1.29, 1.82) is 0 Å². The van der Waals surface area contributed by atoms with Gasteiger partial charge in [0.15, 0.2) is 11.8 Å². The maximum atomic E-state index is 13.4. The van der Waals surface area contributed by atoms with Crippen LogP contribution in [-0.4, -0.2) is 46.4 Å². The first-order valence-electron chi connectivity index (χ1n) is 9.21. The molecule has 0 bridgehead atoms. The van der Waals surface area contributed by atoms with Gasteiger partial charge in [-0.15, -0.1) is 10.2 Å². The van der Waals surface area contributed by atoms with Gasteiger partial charge in [-0.3, -0.25) is 0 Å². The van der Waals surface area contributed by atoms with Crippen molar-refractivity contribution in [2.75, 3.05) is 7.11 Å². The van der Waals surface area contributed by atoms with E-state index in [1.807, 2.05) is 29.8 Å². The minimum atomic E-state index is -1.32. The number of pyridine rings is 1. The average Bonchev–Trinajstić information content (AvgIpc) is 3.45. The largest absolute Gasteiger partial charge is 0.479 e. The minimum absolute atomic E-state index is 0.0433. The molecule has 0 aliphatic heterocycles. The number of rotatable bonds is 5. The Labute approximate surface area is 169 Å². The number of nitrogens with zero attached hydrogens (tertiary/aromatic N) is 8. The lowest BCUT2D eigenvalue weighted by Crippen LogP contribution is -2.02. The summed E-state index contributed by atoms with van der Waals surface area (Å²) in [4.78, 5) is 13.2. The topological polar surface area (TPSA) is 109 Å². The second-order valence-electron chi connectivity index (χ2n) is 6.75. The number of alkyl halides is 1. The van der Waals surface area contributed by atoms with Crippen LogP contribution in [0.5, 0.6) is 5.88 Å². The van der Waals surface area contributed by atoms with Crippen LogP contribution in [0.3, 0.4) is 0 Å². The van der Waals surface area contributed by atoms with Crippen molar-refractivity contribution in [1.82, 2.24) is 39.3 Å². The van der Waals surface area contributed by atoms with Crippen molar-refractivity contribution in [3.05, 3.63) is 48.5 Å². The summed E-state index contributed by atoms with van der Waals surface area (Å²) in [6.07, 6.45) is 3.70. The third-order valence-electron chi connectivity index (χ3n) is 4.84. The predicted octanol–water partition coefficient (Wildman–Crippen LogP) is 2.92. The maximum Gasteiger partial charge on any atom is 0.250 e. The molecule has 0 saturated heterocycles. The number of hydrogen-bond acceptors (Lipinski definition) is 8. The van der Waals surface area contributed by atoms with Gasteiger partial charge >= 0.3 is 0 Å². The highest BCUT2D eigenvalue weighted by atomic mass is 19.1. The summed E-state index contributed by atoms with van der Waals surface area (Å²) in [5, 5.41) is 11.9. The van der Waals surface area contributed by atoms with Crippen molar-refractivity contribution in [3.8, 4) is 17.0 Å². The van der Waals surface area contributed by atoms with Crippen molar-refractivity contribution in [2.45, 2.75) is 26.6 Å². The monoisotopic (exact) mass is 408 g/mol. The molecule has 5 heterocycles. The van der Waals surface area contributed by atoms with E-state index in [4.69, 9.17) is 9.15 Å². The number of imidazole rings is 1. The minimum Gasteiger partial charge on any atom is -0.479 e. The first kappa shape index (κ1) is 18.2. The molecule has 0 amide bonds. The van der Waals surface area contributed by atoms with Gasteiger partial charge in [0.1, 0.15) is 24.2 Å². The Morgan fingerprint density at radius 2 is 2.13 bits per heavy atom. The lowest BCUT2D eigenvalue weighted by Gasteiger charge is -2.06. The lowest BCUT2D eigenvalue weighted by molar-refractivity contribution is 0.290. The second-order valence-corrected chi connectivity index (χ2v) is 6.75. The third kappa shape index (κ3) is 2.86. The van der Waals surface area contributed by atoms with Crippen LogP contribution in [0.25, 0.3) is 27.8 Å². The van der Waals surface area contributed by atoms with Gasteiger partial charge < -0.3 is 13.7 Å². The molecule has 0 radical (unpaired) electrons.